The van der Waals surface area contributed by atoms with Crippen molar-refractivity contribution in [3.63, 3.8) is 0 Å². The van der Waals surface area contributed by atoms with Gasteiger partial charge in [-0.05, 0) is 44.0 Å². The maximum atomic E-state index is 11.6. The number of amides is 1. The molecular formula is C17H25NO3. The van der Waals surface area contributed by atoms with E-state index >= 15 is 0 Å². The number of hydrogen-bond donors (Lipinski definition) is 1. The molecule has 0 aliphatic heterocycles. The summed E-state index contributed by atoms with van der Waals surface area (Å²) in [4.78, 5) is 11.6. The van der Waals surface area contributed by atoms with Gasteiger partial charge >= 0.3 is 0 Å². The Morgan fingerprint density at radius 3 is 2.48 bits per heavy atom. The highest BCUT2D eigenvalue weighted by Crippen LogP contribution is 2.16. The topological polar surface area (TPSA) is 47.6 Å². The average Bonchev–Trinajstić information content (AvgIpc) is 2.36. The minimum Gasteiger partial charge on any atom is -0.493 e. The van der Waals surface area contributed by atoms with Crippen LogP contribution in [0.25, 0.3) is 0 Å². The number of hydrogen-bond acceptors (Lipinski definition) is 3. The van der Waals surface area contributed by atoms with Crippen molar-refractivity contribution in [2.24, 2.45) is 0 Å². The standard InChI is InChI=1S/C17H25NO3/c1-13(2)12-20-8-6-18-17(19)5-7-21-16-10-14(3)9-15(4)11-16/h9-11H,1,5-8,12H2,2-4H3,(H,18,19). The van der Waals surface area contributed by atoms with Gasteiger partial charge in [0.2, 0.25) is 5.91 Å². The lowest BCUT2D eigenvalue weighted by Crippen LogP contribution is -2.28. The third-order valence-electron chi connectivity index (χ3n) is 2.71. The van der Waals surface area contributed by atoms with Crippen LogP contribution < -0.4 is 10.1 Å². The fraction of sp³-hybridized carbons (Fsp3) is 0.471. The van der Waals surface area contributed by atoms with Crippen LogP contribution in [-0.2, 0) is 9.53 Å². The van der Waals surface area contributed by atoms with Crippen molar-refractivity contribution in [1.29, 1.82) is 0 Å². The Morgan fingerprint density at radius 1 is 1.19 bits per heavy atom. The predicted octanol–water partition coefficient (Wildman–Crippen LogP) is 2.78. The summed E-state index contributed by atoms with van der Waals surface area (Å²) in [5.41, 5.74) is 3.29. The Hall–Kier alpha value is -1.81. The third kappa shape index (κ3) is 8.15. The number of carbonyl (C=O) groups excluding carboxylic acids is 1. The van der Waals surface area contributed by atoms with Gasteiger partial charge in [-0.1, -0.05) is 18.2 Å². The van der Waals surface area contributed by atoms with E-state index in [0.717, 1.165) is 22.4 Å². The molecule has 0 aromatic heterocycles. The van der Waals surface area contributed by atoms with Crippen LogP contribution in [0.2, 0.25) is 0 Å². The van der Waals surface area contributed by atoms with Gasteiger partial charge in [-0.25, -0.2) is 0 Å². The molecule has 0 atom stereocenters. The number of rotatable bonds is 9. The fourth-order valence-electron chi connectivity index (χ4n) is 1.88. The van der Waals surface area contributed by atoms with Crippen LogP contribution in [0.3, 0.4) is 0 Å². The van der Waals surface area contributed by atoms with E-state index in [1.165, 1.54) is 0 Å². The van der Waals surface area contributed by atoms with Crippen LogP contribution in [-0.4, -0.2) is 32.3 Å². The number of benzene rings is 1. The van der Waals surface area contributed by atoms with Crippen LogP contribution in [0.15, 0.2) is 30.4 Å². The first-order chi connectivity index (χ1) is 9.97. The molecule has 1 amide bonds. The second kappa shape index (κ2) is 9.19. The Balaban J connectivity index is 2.14. The van der Waals surface area contributed by atoms with Gasteiger partial charge in [0, 0.05) is 6.54 Å². The normalized spacial score (nSPS) is 10.2. The quantitative estimate of drug-likeness (QED) is 0.562. The molecule has 0 fully saturated rings. The van der Waals surface area contributed by atoms with E-state index in [1.54, 1.807) is 0 Å². The molecule has 0 heterocycles. The summed E-state index contributed by atoms with van der Waals surface area (Å²) in [5.74, 6) is 0.781. The van der Waals surface area contributed by atoms with E-state index in [4.69, 9.17) is 9.47 Å². The third-order valence-corrected chi connectivity index (χ3v) is 2.71. The smallest absolute Gasteiger partial charge is 0.223 e. The summed E-state index contributed by atoms with van der Waals surface area (Å²) in [6.07, 6.45) is 0.341. The summed E-state index contributed by atoms with van der Waals surface area (Å²) in [6, 6.07) is 6.03. The molecule has 1 aromatic carbocycles. The van der Waals surface area contributed by atoms with Crippen molar-refractivity contribution >= 4 is 5.91 Å². The van der Waals surface area contributed by atoms with Crippen LogP contribution in [0, 0.1) is 13.8 Å². The number of ether oxygens (including phenoxy) is 2. The van der Waals surface area contributed by atoms with E-state index in [0.29, 0.717) is 32.8 Å². The largest absolute Gasteiger partial charge is 0.493 e. The predicted molar refractivity (Wildman–Crippen MR) is 84.7 cm³/mol. The van der Waals surface area contributed by atoms with E-state index in [-0.39, 0.29) is 5.91 Å². The molecule has 1 N–H and O–H groups in total. The Kier molecular flexibility index (Phi) is 7.54. The molecule has 116 valence electrons. The highest BCUT2D eigenvalue weighted by Gasteiger charge is 2.02. The highest BCUT2D eigenvalue weighted by atomic mass is 16.5. The lowest BCUT2D eigenvalue weighted by molar-refractivity contribution is -0.121. The summed E-state index contributed by atoms with van der Waals surface area (Å²) < 4.78 is 10.9. The Morgan fingerprint density at radius 2 is 1.86 bits per heavy atom. The number of carbonyl (C=O) groups is 1. The average molecular weight is 291 g/mol. The molecule has 1 aromatic rings. The molecule has 4 nitrogen and oxygen atoms in total. The van der Waals surface area contributed by atoms with Gasteiger partial charge in [0.25, 0.3) is 0 Å². The van der Waals surface area contributed by atoms with Crippen LogP contribution >= 0.6 is 0 Å². The van der Waals surface area contributed by atoms with Crippen LogP contribution in [0.4, 0.5) is 0 Å². The zero-order valence-corrected chi connectivity index (χ0v) is 13.2. The van der Waals surface area contributed by atoms with Gasteiger partial charge in [-0.3, -0.25) is 4.79 Å². The first kappa shape index (κ1) is 17.2. The Labute approximate surface area is 127 Å². The van der Waals surface area contributed by atoms with Gasteiger partial charge in [0.1, 0.15) is 5.75 Å². The SMILES string of the molecule is C=C(C)COCCNC(=O)CCOc1cc(C)cc(C)c1. The molecule has 0 aliphatic rings. The van der Waals surface area contributed by atoms with E-state index in [2.05, 4.69) is 18.0 Å². The molecule has 0 saturated heterocycles. The van der Waals surface area contributed by atoms with E-state index in [9.17, 15) is 4.79 Å². The molecule has 0 aliphatic carbocycles. The molecule has 4 heteroatoms. The lowest BCUT2D eigenvalue weighted by Gasteiger charge is -2.09. The van der Waals surface area contributed by atoms with E-state index < -0.39 is 0 Å². The summed E-state index contributed by atoms with van der Waals surface area (Å²) in [6.45, 7) is 11.6. The minimum atomic E-state index is -0.0294. The summed E-state index contributed by atoms with van der Waals surface area (Å²) in [5, 5.41) is 2.79. The molecule has 0 bridgehead atoms. The van der Waals surface area contributed by atoms with Crippen molar-refractivity contribution in [2.45, 2.75) is 27.2 Å². The maximum absolute atomic E-state index is 11.6. The maximum Gasteiger partial charge on any atom is 0.223 e. The molecule has 0 unspecified atom stereocenters. The number of aryl methyl sites for hydroxylation is 2. The summed E-state index contributed by atoms with van der Waals surface area (Å²) >= 11 is 0. The van der Waals surface area contributed by atoms with Crippen LogP contribution in [0.5, 0.6) is 5.75 Å². The van der Waals surface area contributed by atoms with Crippen molar-refractivity contribution in [3.8, 4) is 5.75 Å². The molecule has 0 radical (unpaired) electrons. The van der Waals surface area contributed by atoms with Crippen LogP contribution in [0.1, 0.15) is 24.5 Å². The molecular weight excluding hydrogens is 266 g/mol. The molecule has 1 rings (SSSR count). The molecule has 0 spiro atoms. The van der Waals surface area contributed by atoms with Crippen molar-refractivity contribution < 1.29 is 14.3 Å². The lowest BCUT2D eigenvalue weighted by atomic mass is 10.1. The van der Waals surface area contributed by atoms with E-state index in [1.807, 2.05) is 32.9 Å². The number of nitrogens with one attached hydrogen (secondary N) is 1. The van der Waals surface area contributed by atoms with Gasteiger partial charge in [-0.15, -0.1) is 0 Å². The van der Waals surface area contributed by atoms with Crippen molar-refractivity contribution in [2.75, 3.05) is 26.4 Å². The summed E-state index contributed by atoms with van der Waals surface area (Å²) in [7, 11) is 0. The molecule has 0 saturated carbocycles. The minimum absolute atomic E-state index is 0.0294. The first-order valence-corrected chi connectivity index (χ1v) is 7.17. The second-order valence-corrected chi connectivity index (χ2v) is 5.28. The molecule has 21 heavy (non-hydrogen) atoms. The van der Waals surface area contributed by atoms with Gasteiger partial charge in [-0.2, -0.15) is 0 Å². The van der Waals surface area contributed by atoms with Gasteiger partial charge < -0.3 is 14.8 Å². The monoisotopic (exact) mass is 291 g/mol. The first-order valence-electron chi connectivity index (χ1n) is 7.17. The van der Waals surface area contributed by atoms with Gasteiger partial charge in [0.15, 0.2) is 0 Å². The Bertz CT molecular complexity index is 463. The zero-order chi connectivity index (χ0) is 15.7. The fourth-order valence-corrected chi connectivity index (χ4v) is 1.88. The zero-order valence-electron chi connectivity index (χ0n) is 13.2. The second-order valence-electron chi connectivity index (χ2n) is 5.28. The van der Waals surface area contributed by atoms with Crippen molar-refractivity contribution in [1.82, 2.24) is 5.32 Å². The highest BCUT2D eigenvalue weighted by molar-refractivity contribution is 5.75. The van der Waals surface area contributed by atoms with Crippen molar-refractivity contribution in [3.05, 3.63) is 41.5 Å². The van der Waals surface area contributed by atoms with Gasteiger partial charge in [0.05, 0.1) is 26.2 Å².